The van der Waals surface area contributed by atoms with Crippen molar-refractivity contribution in [2.45, 2.75) is 26.3 Å². The van der Waals surface area contributed by atoms with Crippen LogP contribution in [0.4, 0.5) is 0 Å². The Bertz CT molecular complexity index is 689. The van der Waals surface area contributed by atoms with Gasteiger partial charge < -0.3 is 14.1 Å². The highest BCUT2D eigenvalue weighted by molar-refractivity contribution is 5.77. The average Bonchev–Trinajstić information content (AvgIpc) is 2.92. The monoisotopic (exact) mass is 344 g/mol. The molecule has 0 radical (unpaired) electrons. The van der Waals surface area contributed by atoms with Crippen LogP contribution in [0, 0.1) is 6.92 Å². The van der Waals surface area contributed by atoms with Crippen LogP contribution in [-0.4, -0.2) is 58.7 Å². The van der Waals surface area contributed by atoms with Gasteiger partial charge in [-0.15, -0.1) is 10.2 Å². The highest BCUT2D eigenvalue weighted by Crippen LogP contribution is 2.20. The van der Waals surface area contributed by atoms with E-state index in [-0.39, 0.29) is 18.6 Å². The molecule has 25 heavy (non-hydrogen) atoms. The fourth-order valence-corrected chi connectivity index (χ4v) is 2.96. The number of hydrogen-bond donors (Lipinski definition) is 0. The Morgan fingerprint density at radius 2 is 2.00 bits per heavy atom. The zero-order chi connectivity index (χ0) is 17.6. The number of nitrogens with zero attached hydrogens (tertiary/aromatic N) is 4. The van der Waals surface area contributed by atoms with E-state index in [0.29, 0.717) is 24.1 Å². The van der Waals surface area contributed by atoms with Crippen molar-refractivity contribution < 1.29 is 13.9 Å². The molecule has 1 fully saturated rings. The van der Waals surface area contributed by atoms with Crippen molar-refractivity contribution in [3.63, 3.8) is 0 Å². The van der Waals surface area contributed by atoms with Gasteiger partial charge in [-0.2, -0.15) is 0 Å². The minimum Gasteiger partial charge on any atom is -0.484 e. The standard InChI is InChI=1S/C18H24N4O3/c1-14(18-20-19-15(2)25-18)21-9-6-10-22(12-11-21)17(23)13-24-16-7-4-3-5-8-16/h3-5,7-8,14H,6,9-13H2,1-2H3. The second-order valence-electron chi connectivity index (χ2n) is 6.21. The molecule has 1 aliphatic heterocycles. The van der Waals surface area contributed by atoms with Crippen molar-refractivity contribution in [1.29, 1.82) is 0 Å². The lowest BCUT2D eigenvalue weighted by molar-refractivity contribution is -0.133. The SMILES string of the molecule is Cc1nnc(C(C)N2CCCN(C(=O)COc3ccccc3)CC2)o1. The number of aromatic nitrogens is 2. The molecule has 7 nitrogen and oxygen atoms in total. The number of carbonyl (C=O) groups is 1. The number of hydrogen-bond acceptors (Lipinski definition) is 6. The van der Waals surface area contributed by atoms with Crippen LogP contribution in [0.3, 0.4) is 0 Å². The number of rotatable bonds is 5. The lowest BCUT2D eigenvalue weighted by Gasteiger charge is -2.25. The van der Waals surface area contributed by atoms with Crippen molar-refractivity contribution in [2.24, 2.45) is 0 Å². The van der Waals surface area contributed by atoms with E-state index in [1.165, 1.54) is 0 Å². The maximum Gasteiger partial charge on any atom is 0.260 e. The summed E-state index contributed by atoms with van der Waals surface area (Å²) < 4.78 is 11.1. The van der Waals surface area contributed by atoms with Gasteiger partial charge in [-0.25, -0.2) is 0 Å². The maximum atomic E-state index is 12.4. The van der Waals surface area contributed by atoms with Gasteiger partial charge in [-0.3, -0.25) is 9.69 Å². The van der Waals surface area contributed by atoms with Crippen molar-refractivity contribution in [2.75, 3.05) is 32.8 Å². The van der Waals surface area contributed by atoms with Crippen LogP contribution < -0.4 is 4.74 Å². The summed E-state index contributed by atoms with van der Waals surface area (Å²) in [7, 11) is 0. The van der Waals surface area contributed by atoms with Gasteiger partial charge in [0.2, 0.25) is 11.8 Å². The first-order chi connectivity index (χ1) is 12.1. The molecule has 7 heteroatoms. The molecule has 1 aromatic carbocycles. The second-order valence-corrected chi connectivity index (χ2v) is 6.21. The minimum atomic E-state index is 0.0204. The van der Waals surface area contributed by atoms with Crippen LogP contribution in [-0.2, 0) is 4.79 Å². The molecule has 1 amide bonds. The molecular formula is C18H24N4O3. The summed E-state index contributed by atoms with van der Waals surface area (Å²) in [5.74, 6) is 1.94. The Labute approximate surface area is 147 Å². The van der Waals surface area contributed by atoms with Crippen LogP contribution >= 0.6 is 0 Å². The van der Waals surface area contributed by atoms with Gasteiger partial charge in [0.1, 0.15) is 5.75 Å². The molecule has 2 heterocycles. The highest BCUT2D eigenvalue weighted by Gasteiger charge is 2.25. The Morgan fingerprint density at radius 3 is 2.72 bits per heavy atom. The smallest absolute Gasteiger partial charge is 0.260 e. The third-order valence-corrected chi connectivity index (χ3v) is 4.44. The Kier molecular flexibility index (Phi) is 5.65. The first-order valence-corrected chi connectivity index (χ1v) is 8.63. The summed E-state index contributed by atoms with van der Waals surface area (Å²) in [6, 6.07) is 9.46. The molecule has 1 unspecified atom stereocenters. The second kappa shape index (κ2) is 8.11. The van der Waals surface area contributed by atoms with Crippen LogP contribution in [0.2, 0.25) is 0 Å². The van der Waals surface area contributed by atoms with Gasteiger partial charge in [0.25, 0.3) is 5.91 Å². The summed E-state index contributed by atoms with van der Waals surface area (Å²) >= 11 is 0. The van der Waals surface area contributed by atoms with Crippen LogP contribution in [0.5, 0.6) is 5.75 Å². The van der Waals surface area contributed by atoms with E-state index >= 15 is 0 Å². The summed E-state index contributed by atoms with van der Waals surface area (Å²) in [5, 5.41) is 8.01. The molecule has 3 rings (SSSR count). The molecule has 0 N–H and O–H groups in total. The molecular weight excluding hydrogens is 320 g/mol. The summed E-state index contributed by atoms with van der Waals surface area (Å²) in [4.78, 5) is 16.6. The lowest BCUT2D eigenvalue weighted by Crippen LogP contribution is -2.38. The Hall–Kier alpha value is -2.41. The zero-order valence-electron chi connectivity index (χ0n) is 14.7. The van der Waals surface area contributed by atoms with E-state index in [1.807, 2.05) is 35.2 Å². The Morgan fingerprint density at radius 1 is 1.20 bits per heavy atom. The van der Waals surface area contributed by atoms with Crippen molar-refractivity contribution in [3.8, 4) is 5.75 Å². The van der Waals surface area contributed by atoms with Crippen molar-refractivity contribution in [1.82, 2.24) is 20.0 Å². The predicted octanol–water partition coefficient (Wildman–Crippen LogP) is 2.05. The number of amides is 1. The van der Waals surface area contributed by atoms with E-state index in [1.54, 1.807) is 6.92 Å². The zero-order valence-corrected chi connectivity index (χ0v) is 14.7. The predicted molar refractivity (Wildman–Crippen MR) is 92.2 cm³/mol. The summed E-state index contributed by atoms with van der Waals surface area (Å²) in [6.07, 6.45) is 0.911. The van der Waals surface area contributed by atoms with Gasteiger partial charge in [0, 0.05) is 33.1 Å². The fraction of sp³-hybridized carbons (Fsp3) is 0.500. The van der Waals surface area contributed by atoms with Crippen molar-refractivity contribution >= 4 is 5.91 Å². The van der Waals surface area contributed by atoms with Crippen LogP contribution in [0.1, 0.15) is 31.2 Å². The molecule has 1 saturated heterocycles. The maximum absolute atomic E-state index is 12.4. The minimum absolute atomic E-state index is 0.0204. The topological polar surface area (TPSA) is 71.7 Å². The normalized spacial score (nSPS) is 17.1. The quantitative estimate of drug-likeness (QED) is 0.827. The van der Waals surface area contributed by atoms with E-state index < -0.39 is 0 Å². The number of benzene rings is 1. The van der Waals surface area contributed by atoms with Gasteiger partial charge in [0.15, 0.2) is 6.61 Å². The number of aryl methyl sites for hydroxylation is 1. The van der Waals surface area contributed by atoms with Crippen LogP contribution in [0.25, 0.3) is 0 Å². The van der Waals surface area contributed by atoms with E-state index in [2.05, 4.69) is 22.0 Å². The molecule has 1 atom stereocenters. The van der Waals surface area contributed by atoms with Gasteiger partial charge in [0.05, 0.1) is 6.04 Å². The van der Waals surface area contributed by atoms with Gasteiger partial charge in [-0.1, -0.05) is 18.2 Å². The molecule has 1 aliphatic rings. The number of para-hydroxylation sites is 1. The van der Waals surface area contributed by atoms with E-state index in [9.17, 15) is 4.79 Å². The molecule has 1 aromatic heterocycles. The Balaban J connectivity index is 1.51. The molecule has 2 aromatic rings. The largest absolute Gasteiger partial charge is 0.484 e. The first-order valence-electron chi connectivity index (χ1n) is 8.63. The third kappa shape index (κ3) is 4.57. The average molecular weight is 344 g/mol. The molecule has 0 spiro atoms. The first kappa shape index (κ1) is 17.4. The van der Waals surface area contributed by atoms with Gasteiger partial charge >= 0.3 is 0 Å². The third-order valence-electron chi connectivity index (χ3n) is 4.44. The molecule has 0 aliphatic carbocycles. The number of ether oxygens (including phenoxy) is 1. The molecule has 0 bridgehead atoms. The van der Waals surface area contributed by atoms with Gasteiger partial charge in [-0.05, 0) is 25.5 Å². The fourth-order valence-electron chi connectivity index (χ4n) is 2.96. The lowest BCUT2D eigenvalue weighted by atomic mass is 10.2. The van der Waals surface area contributed by atoms with Crippen molar-refractivity contribution in [3.05, 3.63) is 42.1 Å². The molecule has 0 saturated carbocycles. The van der Waals surface area contributed by atoms with E-state index in [4.69, 9.17) is 9.15 Å². The van der Waals surface area contributed by atoms with E-state index in [0.717, 1.165) is 26.1 Å². The summed E-state index contributed by atoms with van der Waals surface area (Å²) in [5.41, 5.74) is 0. The molecule has 134 valence electrons. The highest BCUT2D eigenvalue weighted by atomic mass is 16.5. The summed E-state index contributed by atoms with van der Waals surface area (Å²) in [6.45, 7) is 7.01. The van der Waals surface area contributed by atoms with Crippen LogP contribution in [0.15, 0.2) is 34.7 Å². The number of carbonyl (C=O) groups excluding carboxylic acids is 1.